The Hall–Kier alpha value is -1.95. The first-order valence-electron chi connectivity index (χ1n) is 5.94. The second-order valence-electron chi connectivity index (χ2n) is 4.35. The van der Waals surface area contributed by atoms with Crippen LogP contribution in [-0.2, 0) is 9.53 Å². The number of carboxylic acid groups (broad SMARTS) is 1. The number of halogens is 1. The van der Waals surface area contributed by atoms with Gasteiger partial charge in [-0.15, -0.1) is 0 Å². The van der Waals surface area contributed by atoms with E-state index in [-0.39, 0.29) is 18.9 Å². The Labute approximate surface area is 109 Å². The average molecular weight is 267 g/mol. The van der Waals surface area contributed by atoms with E-state index >= 15 is 0 Å². The van der Waals surface area contributed by atoms with Crippen molar-refractivity contribution in [1.82, 2.24) is 4.90 Å². The Kier molecular flexibility index (Phi) is 4.11. The normalized spacial score (nSPS) is 19.2. The maximum absolute atomic E-state index is 12.8. The highest BCUT2D eigenvalue weighted by molar-refractivity contribution is 5.94. The number of amides is 1. The molecule has 0 aromatic heterocycles. The second-order valence-corrected chi connectivity index (χ2v) is 4.35. The van der Waals surface area contributed by atoms with E-state index in [9.17, 15) is 14.0 Å². The first-order valence-corrected chi connectivity index (χ1v) is 5.94. The van der Waals surface area contributed by atoms with Crippen LogP contribution in [0.4, 0.5) is 4.39 Å². The monoisotopic (exact) mass is 267 g/mol. The van der Waals surface area contributed by atoms with E-state index in [1.807, 2.05) is 0 Å². The summed E-state index contributed by atoms with van der Waals surface area (Å²) in [5.41, 5.74) is 0.386. The van der Waals surface area contributed by atoms with Crippen molar-refractivity contribution in [2.45, 2.75) is 12.5 Å². The number of ether oxygens (including phenoxy) is 1. The zero-order chi connectivity index (χ0) is 13.8. The summed E-state index contributed by atoms with van der Waals surface area (Å²) < 4.78 is 18.1. The van der Waals surface area contributed by atoms with Gasteiger partial charge in [0.25, 0.3) is 5.91 Å². The van der Waals surface area contributed by atoms with Crippen molar-refractivity contribution >= 4 is 11.9 Å². The van der Waals surface area contributed by atoms with E-state index in [4.69, 9.17) is 9.84 Å². The Balaban J connectivity index is 2.02. The summed E-state index contributed by atoms with van der Waals surface area (Å²) in [5.74, 6) is -1.60. The van der Waals surface area contributed by atoms with Gasteiger partial charge in [-0.1, -0.05) is 0 Å². The fraction of sp³-hybridized carbons (Fsp3) is 0.385. The number of morpholine rings is 1. The first-order chi connectivity index (χ1) is 9.06. The van der Waals surface area contributed by atoms with Crippen LogP contribution in [0.15, 0.2) is 24.3 Å². The highest BCUT2D eigenvalue weighted by Crippen LogP contribution is 2.13. The molecule has 1 aromatic rings. The van der Waals surface area contributed by atoms with E-state index in [0.717, 1.165) is 0 Å². The minimum absolute atomic E-state index is 0.132. The molecule has 1 fully saturated rings. The number of hydrogen-bond donors (Lipinski definition) is 1. The topological polar surface area (TPSA) is 66.8 Å². The van der Waals surface area contributed by atoms with Crippen LogP contribution >= 0.6 is 0 Å². The second kappa shape index (κ2) is 5.79. The summed E-state index contributed by atoms with van der Waals surface area (Å²) in [7, 11) is 0. The summed E-state index contributed by atoms with van der Waals surface area (Å²) in [6.45, 7) is 0.958. The van der Waals surface area contributed by atoms with Gasteiger partial charge in [0.05, 0.1) is 19.1 Å². The van der Waals surface area contributed by atoms with E-state index < -0.39 is 17.9 Å². The average Bonchev–Trinajstić information content (AvgIpc) is 2.38. The van der Waals surface area contributed by atoms with Crippen molar-refractivity contribution in [3.63, 3.8) is 0 Å². The predicted octanol–water partition coefficient (Wildman–Crippen LogP) is 1.14. The number of nitrogens with zero attached hydrogens (tertiary/aromatic N) is 1. The van der Waals surface area contributed by atoms with E-state index in [0.29, 0.717) is 18.7 Å². The molecule has 1 saturated heterocycles. The lowest BCUT2D eigenvalue weighted by Gasteiger charge is -2.32. The maximum atomic E-state index is 12.8. The molecule has 6 heteroatoms. The molecular weight excluding hydrogens is 253 g/mol. The molecule has 0 radical (unpaired) electrons. The highest BCUT2D eigenvalue weighted by atomic mass is 19.1. The number of hydrogen-bond acceptors (Lipinski definition) is 3. The SMILES string of the molecule is O=C(O)CC1CN(C(=O)c2ccc(F)cc2)CCO1. The van der Waals surface area contributed by atoms with Gasteiger partial charge in [0.1, 0.15) is 5.82 Å². The summed E-state index contributed by atoms with van der Waals surface area (Å²) in [5, 5.41) is 8.71. The molecule has 0 aliphatic carbocycles. The van der Waals surface area contributed by atoms with Crippen LogP contribution in [0.5, 0.6) is 0 Å². The fourth-order valence-electron chi connectivity index (χ4n) is 2.00. The van der Waals surface area contributed by atoms with Crippen LogP contribution in [0.2, 0.25) is 0 Å². The van der Waals surface area contributed by atoms with Crippen molar-refractivity contribution < 1.29 is 23.8 Å². The van der Waals surface area contributed by atoms with Gasteiger partial charge in [0.2, 0.25) is 0 Å². The largest absolute Gasteiger partial charge is 0.481 e. The molecule has 0 saturated carbocycles. The predicted molar refractivity (Wildman–Crippen MR) is 64.3 cm³/mol. The standard InChI is InChI=1S/C13H14FNO4/c14-10-3-1-9(2-4-10)13(18)15-5-6-19-11(8-15)7-12(16)17/h1-4,11H,5-8H2,(H,16,17). The Bertz CT molecular complexity index is 474. The third-order valence-electron chi connectivity index (χ3n) is 2.92. The van der Waals surface area contributed by atoms with Gasteiger partial charge in [-0.25, -0.2) is 4.39 Å². The molecule has 19 heavy (non-hydrogen) atoms. The molecule has 2 rings (SSSR count). The first kappa shape index (κ1) is 13.5. The number of carbonyl (C=O) groups excluding carboxylic acids is 1. The maximum Gasteiger partial charge on any atom is 0.306 e. The third-order valence-corrected chi connectivity index (χ3v) is 2.92. The van der Waals surface area contributed by atoms with Crippen LogP contribution in [0, 0.1) is 5.82 Å². The molecule has 1 atom stereocenters. The molecular formula is C13H14FNO4. The Morgan fingerprint density at radius 3 is 2.68 bits per heavy atom. The lowest BCUT2D eigenvalue weighted by Crippen LogP contribution is -2.46. The number of carboxylic acids is 1. The smallest absolute Gasteiger partial charge is 0.306 e. The number of rotatable bonds is 3. The van der Waals surface area contributed by atoms with Crippen molar-refractivity contribution in [1.29, 1.82) is 0 Å². The van der Waals surface area contributed by atoms with Gasteiger partial charge in [0.15, 0.2) is 0 Å². The van der Waals surface area contributed by atoms with Gasteiger partial charge in [-0.05, 0) is 24.3 Å². The Morgan fingerprint density at radius 2 is 2.05 bits per heavy atom. The molecule has 1 aliphatic rings. The lowest BCUT2D eigenvalue weighted by molar-refractivity contribution is -0.141. The van der Waals surface area contributed by atoms with E-state index in [1.54, 1.807) is 0 Å². The number of carbonyl (C=O) groups is 2. The van der Waals surface area contributed by atoms with E-state index in [1.165, 1.54) is 29.2 Å². The van der Waals surface area contributed by atoms with Crippen LogP contribution in [-0.4, -0.2) is 47.7 Å². The van der Waals surface area contributed by atoms with Crippen LogP contribution in [0.3, 0.4) is 0 Å². The molecule has 5 nitrogen and oxygen atoms in total. The van der Waals surface area contributed by atoms with Gasteiger partial charge < -0.3 is 14.7 Å². The van der Waals surface area contributed by atoms with Gasteiger partial charge in [-0.3, -0.25) is 9.59 Å². The zero-order valence-electron chi connectivity index (χ0n) is 10.2. The van der Waals surface area contributed by atoms with Crippen LogP contribution in [0.1, 0.15) is 16.8 Å². The zero-order valence-corrected chi connectivity index (χ0v) is 10.2. The summed E-state index contributed by atoms with van der Waals surface area (Å²) in [4.78, 5) is 24.3. The molecule has 1 aromatic carbocycles. The van der Waals surface area contributed by atoms with Gasteiger partial charge in [0, 0.05) is 18.7 Å². The minimum Gasteiger partial charge on any atom is -0.481 e. The van der Waals surface area contributed by atoms with E-state index in [2.05, 4.69) is 0 Å². The van der Waals surface area contributed by atoms with Crippen molar-refractivity contribution in [3.8, 4) is 0 Å². The quantitative estimate of drug-likeness (QED) is 0.891. The molecule has 102 valence electrons. The van der Waals surface area contributed by atoms with Crippen molar-refractivity contribution in [3.05, 3.63) is 35.6 Å². The molecule has 0 spiro atoms. The Morgan fingerprint density at radius 1 is 1.37 bits per heavy atom. The van der Waals surface area contributed by atoms with Crippen LogP contribution < -0.4 is 0 Å². The fourth-order valence-corrected chi connectivity index (χ4v) is 2.00. The van der Waals surface area contributed by atoms with Gasteiger partial charge in [-0.2, -0.15) is 0 Å². The lowest BCUT2D eigenvalue weighted by atomic mass is 10.1. The highest BCUT2D eigenvalue weighted by Gasteiger charge is 2.26. The van der Waals surface area contributed by atoms with Gasteiger partial charge >= 0.3 is 5.97 Å². The number of aliphatic carboxylic acids is 1. The van der Waals surface area contributed by atoms with Crippen molar-refractivity contribution in [2.75, 3.05) is 19.7 Å². The third kappa shape index (κ3) is 3.51. The minimum atomic E-state index is -0.957. The molecule has 1 heterocycles. The van der Waals surface area contributed by atoms with Crippen molar-refractivity contribution in [2.24, 2.45) is 0 Å². The number of benzene rings is 1. The van der Waals surface area contributed by atoms with Crippen LogP contribution in [0.25, 0.3) is 0 Å². The molecule has 1 unspecified atom stereocenters. The molecule has 1 amide bonds. The summed E-state index contributed by atoms with van der Waals surface area (Å²) >= 11 is 0. The molecule has 1 aliphatic heterocycles. The molecule has 1 N–H and O–H groups in total. The summed E-state index contributed by atoms with van der Waals surface area (Å²) in [6, 6.07) is 5.28. The summed E-state index contributed by atoms with van der Waals surface area (Å²) in [6.07, 6.45) is -0.622. The molecule has 0 bridgehead atoms.